The molecule has 2 aromatic carbocycles. The van der Waals surface area contributed by atoms with E-state index >= 15 is 0 Å². The highest BCUT2D eigenvalue weighted by molar-refractivity contribution is 6.30. The molecule has 2 aromatic rings. The molecule has 1 saturated heterocycles. The van der Waals surface area contributed by atoms with Crippen molar-refractivity contribution < 1.29 is 9.59 Å². The molecular weight excluding hydrogens is 410 g/mol. The van der Waals surface area contributed by atoms with Gasteiger partial charge in [-0.15, -0.1) is 0 Å². The van der Waals surface area contributed by atoms with Crippen LogP contribution in [-0.2, 0) is 11.2 Å². The fourth-order valence-corrected chi connectivity index (χ4v) is 5.26. The van der Waals surface area contributed by atoms with E-state index in [0.717, 1.165) is 44.6 Å². The molecule has 0 spiro atoms. The number of halogens is 1. The second-order valence-electron chi connectivity index (χ2n) is 8.91. The Balaban J connectivity index is 1.40. The van der Waals surface area contributed by atoms with Crippen molar-refractivity contribution in [1.29, 1.82) is 0 Å². The topological polar surface area (TPSA) is 52.7 Å². The van der Waals surface area contributed by atoms with Gasteiger partial charge in [-0.3, -0.25) is 14.5 Å². The molecule has 0 aromatic heterocycles. The third-order valence-corrected chi connectivity index (χ3v) is 7.43. The lowest BCUT2D eigenvalue weighted by atomic mass is 9.86. The van der Waals surface area contributed by atoms with Crippen LogP contribution in [0, 0.1) is 0 Å². The highest BCUT2D eigenvalue weighted by Gasteiger charge is 2.34. The summed E-state index contributed by atoms with van der Waals surface area (Å²) in [4.78, 5) is 29.4. The number of carbonyl (C=O) groups excluding carboxylic acids is 2. The van der Waals surface area contributed by atoms with Crippen LogP contribution in [0.4, 0.5) is 0 Å². The van der Waals surface area contributed by atoms with Crippen molar-refractivity contribution in [3.63, 3.8) is 0 Å². The molecule has 2 fully saturated rings. The number of nitrogens with zero attached hydrogens (tertiary/aromatic N) is 2. The number of hydrogen-bond donors (Lipinski definition) is 1. The molecule has 2 aliphatic heterocycles. The van der Waals surface area contributed by atoms with Crippen molar-refractivity contribution in [3.8, 4) is 0 Å². The fourth-order valence-electron chi connectivity index (χ4n) is 5.13. The monoisotopic (exact) mass is 437 g/mol. The first-order valence-electron chi connectivity index (χ1n) is 11.2. The Bertz CT molecular complexity index is 973. The maximum absolute atomic E-state index is 13.1. The Kier molecular flexibility index (Phi) is 5.83. The summed E-state index contributed by atoms with van der Waals surface area (Å²) < 4.78 is 0. The Hall–Kier alpha value is -2.21. The standard InChI is InChI=1S/C25H28ClN3O2/c26-20-7-4-17(5-8-20)25(31)24-22-9-6-19(14-18(22)10-11-27-24)23-15-28(21-2-1-3-21)12-13-29(23)16-30/h4-9,14,16,21,23-24,27H,1-3,10-13,15H2. The number of nitrogens with one attached hydrogen (secondary N) is 1. The summed E-state index contributed by atoms with van der Waals surface area (Å²) in [5.74, 6) is 0.0636. The van der Waals surface area contributed by atoms with Gasteiger partial charge in [-0.2, -0.15) is 0 Å². The van der Waals surface area contributed by atoms with Crippen LogP contribution in [-0.4, -0.2) is 54.2 Å². The minimum atomic E-state index is -0.348. The van der Waals surface area contributed by atoms with Gasteiger partial charge >= 0.3 is 0 Å². The van der Waals surface area contributed by atoms with Gasteiger partial charge in [-0.05, 0) is 60.2 Å². The van der Waals surface area contributed by atoms with Gasteiger partial charge in [0.2, 0.25) is 6.41 Å². The average Bonchev–Trinajstić information content (AvgIpc) is 2.77. The van der Waals surface area contributed by atoms with E-state index in [1.54, 1.807) is 24.3 Å². The molecule has 0 bridgehead atoms. The summed E-state index contributed by atoms with van der Waals surface area (Å²) in [5.41, 5.74) is 4.08. The number of Topliss-reactive ketones (excluding diaryl/α,β-unsaturated/α-hetero) is 1. The van der Waals surface area contributed by atoms with E-state index in [0.29, 0.717) is 16.6 Å². The highest BCUT2D eigenvalue weighted by Crippen LogP contribution is 2.34. The summed E-state index contributed by atoms with van der Waals surface area (Å²) in [5, 5.41) is 4.01. The quantitative estimate of drug-likeness (QED) is 0.571. The van der Waals surface area contributed by atoms with Gasteiger partial charge in [0.15, 0.2) is 5.78 Å². The zero-order chi connectivity index (χ0) is 21.4. The van der Waals surface area contributed by atoms with E-state index in [-0.39, 0.29) is 17.9 Å². The van der Waals surface area contributed by atoms with Crippen molar-refractivity contribution in [2.45, 2.75) is 43.8 Å². The second-order valence-corrected chi connectivity index (χ2v) is 9.34. The molecule has 162 valence electrons. The first-order chi connectivity index (χ1) is 15.1. The van der Waals surface area contributed by atoms with Crippen molar-refractivity contribution >= 4 is 23.8 Å². The van der Waals surface area contributed by atoms with Gasteiger partial charge in [0.1, 0.15) is 0 Å². The molecule has 6 heteroatoms. The molecule has 1 N–H and O–H groups in total. The minimum Gasteiger partial charge on any atom is -0.336 e. The average molecular weight is 438 g/mol. The molecule has 5 rings (SSSR count). The summed E-state index contributed by atoms with van der Waals surface area (Å²) >= 11 is 5.98. The summed E-state index contributed by atoms with van der Waals surface area (Å²) in [6, 6.07) is 13.9. The third-order valence-electron chi connectivity index (χ3n) is 7.18. The second kappa shape index (κ2) is 8.73. The lowest BCUT2D eigenvalue weighted by Gasteiger charge is -2.46. The van der Waals surface area contributed by atoms with Gasteiger partial charge in [-0.25, -0.2) is 0 Å². The number of ketones is 1. The van der Waals surface area contributed by atoms with Crippen LogP contribution < -0.4 is 5.32 Å². The molecule has 1 amide bonds. The summed E-state index contributed by atoms with van der Waals surface area (Å²) in [6.07, 6.45) is 5.75. The molecule has 3 aliphatic rings. The highest BCUT2D eigenvalue weighted by atomic mass is 35.5. The lowest BCUT2D eigenvalue weighted by molar-refractivity contribution is -0.123. The normalized spacial score (nSPS) is 24.4. The predicted molar refractivity (Wildman–Crippen MR) is 121 cm³/mol. The zero-order valence-corrected chi connectivity index (χ0v) is 18.4. The maximum Gasteiger partial charge on any atom is 0.210 e. The first kappa shape index (κ1) is 20.7. The number of piperazine rings is 1. The number of amides is 1. The molecule has 5 nitrogen and oxygen atoms in total. The number of carbonyl (C=O) groups is 2. The van der Waals surface area contributed by atoms with Crippen LogP contribution in [0.3, 0.4) is 0 Å². The largest absolute Gasteiger partial charge is 0.336 e. The van der Waals surface area contributed by atoms with E-state index in [1.807, 2.05) is 4.90 Å². The molecule has 0 radical (unpaired) electrons. The van der Waals surface area contributed by atoms with Crippen molar-refractivity contribution in [2.75, 3.05) is 26.2 Å². The molecular formula is C25H28ClN3O2. The van der Waals surface area contributed by atoms with Gasteiger partial charge in [0.25, 0.3) is 0 Å². The van der Waals surface area contributed by atoms with Crippen LogP contribution in [0.5, 0.6) is 0 Å². The van der Waals surface area contributed by atoms with E-state index in [4.69, 9.17) is 11.6 Å². The Morgan fingerprint density at radius 2 is 1.90 bits per heavy atom. The van der Waals surface area contributed by atoms with Gasteiger partial charge in [-0.1, -0.05) is 36.2 Å². The van der Waals surface area contributed by atoms with E-state index in [2.05, 4.69) is 28.4 Å². The SMILES string of the molecule is O=CN1CCN(C2CCC2)CC1c1ccc2c(c1)CCNC2C(=O)c1ccc(Cl)cc1. The van der Waals surface area contributed by atoms with Crippen molar-refractivity contribution in [3.05, 3.63) is 69.7 Å². The smallest absolute Gasteiger partial charge is 0.210 e. The number of benzene rings is 2. The van der Waals surface area contributed by atoms with E-state index in [1.165, 1.54) is 30.4 Å². The van der Waals surface area contributed by atoms with Crippen LogP contribution in [0.25, 0.3) is 0 Å². The summed E-state index contributed by atoms with van der Waals surface area (Å²) in [6.45, 7) is 3.40. The number of hydrogen-bond acceptors (Lipinski definition) is 4. The first-order valence-corrected chi connectivity index (χ1v) is 11.6. The molecule has 1 aliphatic carbocycles. The summed E-state index contributed by atoms with van der Waals surface area (Å²) in [7, 11) is 0. The zero-order valence-electron chi connectivity index (χ0n) is 17.6. The Morgan fingerprint density at radius 3 is 2.61 bits per heavy atom. The van der Waals surface area contributed by atoms with Crippen molar-refractivity contribution in [2.24, 2.45) is 0 Å². The molecule has 31 heavy (non-hydrogen) atoms. The molecule has 2 heterocycles. The third kappa shape index (κ3) is 4.02. The minimum absolute atomic E-state index is 0.0636. The number of rotatable bonds is 5. The fraction of sp³-hybridized carbons (Fsp3) is 0.440. The number of fused-ring (bicyclic) bond motifs is 1. The van der Waals surface area contributed by atoms with Gasteiger partial charge < -0.3 is 10.2 Å². The van der Waals surface area contributed by atoms with Gasteiger partial charge in [0, 0.05) is 42.8 Å². The molecule has 2 atom stereocenters. The Labute approximate surface area is 188 Å². The van der Waals surface area contributed by atoms with Crippen molar-refractivity contribution in [1.82, 2.24) is 15.1 Å². The van der Waals surface area contributed by atoms with Crippen LogP contribution >= 0.6 is 11.6 Å². The van der Waals surface area contributed by atoms with E-state index in [9.17, 15) is 9.59 Å². The van der Waals surface area contributed by atoms with Crippen LogP contribution in [0.2, 0.25) is 5.02 Å². The molecule has 1 saturated carbocycles. The van der Waals surface area contributed by atoms with E-state index < -0.39 is 0 Å². The predicted octanol–water partition coefficient (Wildman–Crippen LogP) is 3.78. The Morgan fingerprint density at radius 1 is 1.10 bits per heavy atom. The van der Waals surface area contributed by atoms with Crippen LogP contribution in [0.1, 0.15) is 58.4 Å². The van der Waals surface area contributed by atoms with Gasteiger partial charge in [0.05, 0.1) is 12.1 Å². The van der Waals surface area contributed by atoms with Crippen LogP contribution in [0.15, 0.2) is 42.5 Å². The molecule has 2 unspecified atom stereocenters. The lowest BCUT2D eigenvalue weighted by Crippen LogP contribution is -2.53. The maximum atomic E-state index is 13.1.